The molecule has 1 N–H and O–H groups in total. The van der Waals surface area contributed by atoms with Gasteiger partial charge in [0.05, 0.1) is 17.4 Å². The molecular weight excluding hydrogens is 316 g/mol. The second kappa shape index (κ2) is 6.75. The summed E-state index contributed by atoms with van der Waals surface area (Å²) in [6.45, 7) is 1.59. The Balaban J connectivity index is 1.70. The summed E-state index contributed by atoms with van der Waals surface area (Å²) in [5, 5.41) is 23.8. The van der Waals surface area contributed by atoms with E-state index in [1.54, 1.807) is 12.1 Å². The van der Waals surface area contributed by atoms with Crippen molar-refractivity contribution < 1.29 is 19.3 Å². The summed E-state index contributed by atoms with van der Waals surface area (Å²) in [6.07, 6.45) is 1.48. The van der Waals surface area contributed by atoms with Gasteiger partial charge in [0.2, 0.25) is 11.7 Å². The molecule has 1 aliphatic heterocycles. The normalized spacial score (nSPS) is 18.4. The van der Waals surface area contributed by atoms with Gasteiger partial charge in [-0.25, -0.2) is 0 Å². The summed E-state index contributed by atoms with van der Waals surface area (Å²) in [5.74, 6) is -0.525. The molecule has 9 heteroatoms. The second-order valence-electron chi connectivity index (χ2n) is 5.73. The first kappa shape index (κ1) is 16.1. The second-order valence-corrected chi connectivity index (χ2v) is 5.73. The van der Waals surface area contributed by atoms with Crippen molar-refractivity contribution in [2.75, 3.05) is 13.1 Å². The Kier molecular flexibility index (Phi) is 4.52. The first-order chi connectivity index (χ1) is 11.5. The summed E-state index contributed by atoms with van der Waals surface area (Å²) >= 11 is 0. The maximum absolute atomic E-state index is 11.1. The molecule has 2 heterocycles. The highest BCUT2D eigenvalue weighted by atomic mass is 16.6. The zero-order chi connectivity index (χ0) is 17.1. The van der Waals surface area contributed by atoms with E-state index in [1.807, 2.05) is 4.90 Å². The van der Waals surface area contributed by atoms with Crippen molar-refractivity contribution in [2.45, 2.75) is 19.4 Å². The van der Waals surface area contributed by atoms with Gasteiger partial charge in [-0.2, -0.15) is 4.98 Å². The number of nitrogens with zero attached hydrogens (tertiary/aromatic N) is 4. The fourth-order valence-corrected chi connectivity index (χ4v) is 2.79. The number of aliphatic carboxylic acids is 1. The van der Waals surface area contributed by atoms with Gasteiger partial charge >= 0.3 is 5.97 Å². The number of carboxylic acids is 1. The predicted molar refractivity (Wildman–Crippen MR) is 82.0 cm³/mol. The third-order valence-electron chi connectivity index (χ3n) is 4.00. The molecule has 1 aromatic heterocycles. The Bertz CT molecular complexity index is 760. The summed E-state index contributed by atoms with van der Waals surface area (Å²) in [6, 6.07) is 6.01. The molecule has 9 nitrogen and oxygen atoms in total. The molecule has 1 fully saturated rings. The van der Waals surface area contributed by atoms with Crippen LogP contribution in [0.4, 0.5) is 5.69 Å². The highest BCUT2D eigenvalue weighted by Crippen LogP contribution is 2.23. The summed E-state index contributed by atoms with van der Waals surface area (Å²) in [4.78, 5) is 27.7. The van der Waals surface area contributed by atoms with Gasteiger partial charge in [-0.1, -0.05) is 17.3 Å². The lowest BCUT2D eigenvalue weighted by molar-refractivity contribution is -0.384. The minimum absolute atomic E-state index is 0.0424. The quantitative estimate of drug-likeness (QED) is 0.651. The molecule has 0 aliphatic carbocycles. The highest BCUT2D eigenvalue weighted by Gasteiger charge is 2.26. The topological polar surface area (TPSA) is 123 Å². The average molecular weight is 332 g/mol. The molecule has 0 radical (unpaired) electrons. The van der Waals surface area contributed by atoms with Gasteiger partial charge in [0.1, 0.15) is 0 Å². The summed E-state index contributed by atoms with van der Waals surface area (Å²) in [7, 11) is 0. The standard InChI is InChI=1S/C15H16N4O5/c20-15(21)11-4-2-6-18(8-11)9-13-16-14(17-24-13)10-3-1-5-12(7-10)19(22)23/h1,3,5,7,11H,2,4,6,8-9H2,(H,20,21). The maximum atomic E-state index is 11.1. The van der Waals surface area contributed by atoms with E-state index in [-0.39, 0.29) is 17.4 Å². The smallest absolute Gasteiger partial charge is 0.307 e. The molecular formula is C15H16N4O5. The molecule has 3 rings (SSSR count). The van der Waals surface area contributed by atoms with Crippen molar-refractivity contribution in [2.24, 2.45) is 5.92 Å². The van der Waals surface area contributed by atoms with Crippen molar-refractivity contribution in [3.05, 3.63) is 40.3 Å². The maximum Gasteiger partial charge on any atom is 0.307 e. The van der Waals surface area contributed by atoms with E-state index in [1.165, 1.54) is 12.1 Å². The third-order valence-corrected chi connectivity index (χ3v) is 4.00. The summed E-state index contributed by atoms with van der Waals surface area (Å²) < 4.78 is 5.20. The van der Waals surface area contributed by atoms with Crippen LogP contribution in [-0.2, 0) is 11.3 Å². The molecule has 1 aliphatic rings. The monoisotopic (exact) mass is 332 g/mol. The number of likely N-dealkylation sites (tertiary alicyclic amines) is 1. The van der Waals surface area contributed by atoms with Gasteiger partial charge in [0.15, 0.2) is 0 Å². The number of non-ortho nitro benzene ring substituents is 1. The van der Waals surface area contributed by atoms with Crippen LogP contribution in [0, 0.1) is 16.0 Å². The third kappa shape index (κ3) is 3.57. The number of carbonyl (C=O) groups is 1. The van der Waals surface area contributed by atoms with E-state index in [4.69, 9.17) is 9.63 Å². The van der Waals surface area contributed by atoms with Crippen molar-refractivity contribution in [3.63, 3.8) is 0 Å². The Morgan fingerprint density at radius 3 is 3.08 bits per heavy atom. The van der Waals surface area contributed by atoms with Crippen LogP contribution in [0.1, 0.15) is 18.7 Å². The lowest BCUT2D eigenvalue weighted by atomic mass is 9.98. The van der Waals surface area contributed by atoms with Crippen molar-refractivity contribution >= 4 is 11.7 Å². The van der Waals surface area contributed by atoms with E-state index < -0.39 is 10.9 Å². The first-order valence-corrected chi connectivity index (χ1v) is 7.55. The fraction of sp³-hybridized carbons (Fsp3) is 0.400. The van der Waals surface area contributed by atoms with Crippen LogP contribution in [0.3, 0.4) is 0 Å². The molecule has 1 unspecified atom stereocenters. The van der Waals surface area contributed by atoms with Crippen LogP contribution in [0.5, 0.6) is 0 Å². The van der Waals surface area contributed by atoms with Gasteiger partial charge < -0.3 is 9.63 Å². The van der Waals surface area contributed by atoms with Gasteiger partial charge in [0, 0.05) is 24.2 Å². The minimum Gasteiger partial charge on any atom is -0.481 e. The number of nitro benzene ring substituents is 1. The van der Waals surface area contributed by atoms with Gasteiger partial charge in [-0.05, 0) is 19.4 Å². The van der Waals surface area contributed by atoms with E-state index in [0.29, 0.717) is 31.0 Å². The van der Waals surface area contributed by atoms with Crippen molar-refractivity contribution in [1.82, 2.24) is 15.0 Å². The largest absolute Gasteiger partial charge is 0.481 e. The molecule has 2 aromatic rings. The molecule has 0 bridgehead atoms. The lowest BCUT2D eigenvalue weighted by Crippen LogP contribution is -2.38. The van der Waals surface area contributed by atoms with Crippen molar-refractivity contribution in [3.8, 4) is 11.4 Å². The molecule has 24 heavy (non-hydrogen) atoms. The van der Waals surface area contributed by atoms with Crippen LogP contribution < -0.4 is 0 Å². The number of carboxylic acid groups (broad SMARTS) is 1. The molecule has 0 saturated carbocycles. The van der Waals surface area contributed by atoms with Gasteiger partial charge in [0.25, 0.3) is 5.69 Å². The van der Waals surface area contributed by atoms with E-state index in [9.17, 15) is 14.9 Å². The zero-order valence-electron chi connectivity index (χ0n) is 12.8. The van der Waals surface area contributed by atoms with Gasteiger partial charge in [-0.15, -0.1) is 0 Å². The number of benzene rings is 1. The van der Waals surface area contributed by atoms with Crippen molar-refractivity contribution in [1.29, 1.82) is 0 Å². The van der Waals surface area contributed by atoms with Crippen LogP contribution in [0.15, 0.2) is 28.8 Å². The number of piperidine rings is 1. The van der Waals surface area contributed by atoms with E-state index >= 15 is 0 Å². The predicted octanol–water partition coefficient (Wildman–Crippen LogP) is 1.94. The van der Waals surface area contributed by atoms with Crippen LogP contribution >= 0.6 is 0 Å². The molecule has 126 valence electrons. The number of rotatable bonds is 5. The molecule has 0 spiro atoms. The fourth-order valence-electron chi connectivity index (χ4n) is 2.79. The molecule has 1 saturated heterocycles. The average Bonchev–Trinajstić information content (AvgIpc) is 3.03. The lowest BCUT2D eigenvalue weighted by Gasteiger charge is -2.29. The van der Waals surface area contributed by atoms with Gasteiger partial charge in [-0.3, -0.25) is 19.8 Å². The van der Waals surface area contributed by atoms with E-state index in [2.05, 4.69) is 10.1 Å². The molecule has 1 atom stereocenters. The zero-order valence-corrected chi connectivity index (χ0v) is 12.8. The Morgan fingerprint density at radius 2 is 2.33 bits per heavy atom. The van der Waals surface area contributed by atoms with E-state index in [0.717, 1.165) is 13.0 Å². The Labute approximate surface area is 137 Å². The SMILES string of the molecule is O=C(O)C1CCCN(Cc2nc(-c3cccc([N+](=O)[O-])c3)no2)C1. The Hall–Kier alpha value is -2.81. The van der Waals surface area contributed by atoms with Crippen LogP contribution in [0.2, 0.25) is 0 Å². The first-order valence-electron chi connectivity index (χ1n) is 7.55. The number of nitro groups is 1. The number of aromatic nitrogens is 2. The minimum atomic E-state index is -0.789. The van der Waals surface area contributed by atoms with Crippen LogP contribution in [0.25, 0.3) is 11.4 Å². The highest BCUT2D eigenvalue weighted by molar-refractivity contribution is 5.70. The summed E-state index contributed by atoms with van der Waals surface area (Å²) in [5.41, 5.74) is 0.459. The molecule has 0 amide bonds. The van der Waals surface area contributed by atoms with Crippen LogP contribution in [-0.4, -0.2) is 44.1 Å². The number of hydrogen-bond donors (Lipinski definition) is 1. The molecule has 1 aromatic carbocycles. The number of hydrogen-bond acceptors (Lipinski definition) is 7. The Morgan fingerprint density at radius 1 is 1.50 bits per heavy atom.